The van der Waals surface area contributed by atoms with Crippen molar-refractivity contribution in [3.63, 3.8) is 0 Å². The van der Waals surface area contributed by atoms with Crippen LogP contribution in [-0.2, 0) is 4.79 Å². The molecule has 1 saturated carbocycles. The molecule has 2 atom stereocenters. The van der Waals surface area contributed by atoms with Crippen molar-refractivity contribution in [2.75, 3.05) is 18.4 Å². The Labute approximate surface area is 116 Å². The first-order valence-corrected chi connectivity index (χ1v) is 6.66. The first-order chi connectivity index (χ1) is 8.58. The van der Waals surface area contributed by atoms with E-state index in [1.54, 1.807) is 6.07 Å². The number of aromatic nitrogens is 1. The van der Waals surface area contributed by atoms with E-state index in [2.05, 4.69) is 22.5 Å². The highest BCUT2D eigenvalue weighted by Gasteiger charge is 2.38. The van der Waals surface area contributed by atoms with Crippen LogP contribution in [0.25, 0.3) is 0 Å². The van der Waals surface area contributed by atoms with Crippen molar-refractivity contribution in [3.05, 3.63) is 22.3 Å². The minimum atomic E-state index is 0.138. The molecule has 2 N–H and O–H groups in total. The molecule has 1 amide bonds. The number of rotatable bonds is 5. The zero-order valence-electron chi connectivity index (χ0n) is 10.0. The van der Waals surface area contributed by atoms with Crippen LogP contribution in [0.3, 0.4) is 0 Å². The van der Waals surface area contributed by atoms with Crippen molar-refractivity contribution in [2.24, 2.45) is 11.8 Å². The van der Waals surface area contributed by atoms with Gasteiger partial charge in [0.1, 0.15) is 5.82 Å². The van der Waals surface area contributed by atoms with E-state index in [9.17, 15) is 4.79 Å². The van der Waals surface area contributed by atoms with Gasteiger partial charge in [0.05, 0.1) is 10.0 Å². The summed E-state index contributed by atoms with van der Waals surface area (Å²) in [6, 6.07) is 1.63. The predicted molar refractivity (Wildman–Crippen MR) is 73.0 cm³/mol. The lowest BCUT2D eigenvalue weighted by Crippen LogP contribution is -2.30. The standard InChI is InChI=1S/C12H15Cl2N3O/c1-7-4-9(7)12(18)16-3-2-15-11-10(14)5-8(13)6-17-11/h5-7,9H,2-4H2,1H3,(H,15,17)(H,16,18)/t7-,9+/m0/s1. The highest BCUT2D eigenvalue weighted by Crippen LogP contribution is 2.37. The molecule has 0 aromatic carbocycles. The second-order valence-electron chi connectivity index (χ2n) is 4.52. The van der Waals surface area contributed by atoms with E-state index in [1.165, 1.54) is 6.20 Å². The van der Waals surface area contributed by atoms with Gasteiger partial charge in [-0.1, -0.05) is 30.1 Å². The second-order valence-corrected chi connectivity index (χ2v) is 5.36. The van der Waals surface area contributed by atoms with Crippen LogP contribution in [0.5, 0.6) is 0 Å². The Kier molecular flexibility index (Phi) is 4.30. The summed E-state index contributed by atoms with van der Waals surface area (Å²) >= 11 is 11.7. The summed E-state index contributed by atoms with van der Waals surface area (Å²) in [5.41, 5.74) is 0. The number of nitrogens with zero attached hydrogens (tertiary/aromatic N) is 1. The fourth-order valence-corrected chi connectivity index (χ4v) is 2.18. The van der Waals surface area contributed by atoms with E-state index >= 15 is 0 Å². The Balaban J connectivity index is 1.70. The average molecular weight is 288 g/mol. The van der Waals surface area contributed by atoms with E-state index < -0.39 is 0 Å². The highest BCUT2D eigenvalue weighted by molar-refractivity contribution is 6.35. The zero-order valence-corrected chi connectivity index (χ0v) is 11.6. The number of carbonyl (C=O) groups is 1. The normalized spacial score (nSPS) is 21.5. The van der Waals surface area contributed by atoms with Gasteiger partial charge in [0.15, 0.2) is 0 Å². The number of hydrogen-bond acceptors (Lipinski definition) is 3. The largest absolute Gasteiger partial charge is 0.367 e. The number of halogens is 2. The molecule has 0 bridgehead atoms. The molecular weight excluding hydrogens is 273 g/mol. The quantitative estimate of drug-likeness (QED) is 0.819. The third-order valence-electron chi connectivity index (χ3n) is 2.97. The molecule has 98 valence electrons. The summed E-state index contributed by atoms with van der Waals surface area (Å²) in [5, 5.41) is 6.91. The van der Waals surface area contributed by atoms with E-state index in [4.69, 9.17) is 23.2 Å². The van der Waals surface area contributed by atoms with Crippen LogP contribution in [0.2, 0.25) is 10.0 Å². The van der Waals surface area contributed by atoms with Gasteiger partial charge in [-0.2, -0.15) is 0 Å². The number of anilines is 1. The summed E-state index contributed by atoms with van der Waals surface area (Å²) in [5.74, 6) is 1.46. The minimum Gasteiger partial charge on any atom is -0.367 e. The molecule has 6 heteroatoms. The van der Waals surface area contributed by atoms with Crippen molar-refractivity contribution < 1.29 is 4.79 Å². The van der Waals surface area contributed by atoms with Gasteiger partial charge < -0.3 is 10.6 Å². The molecule has 1 heterocycles. The summed E-state index contributed by atoms with van der Waals surface area (Å²) in [6.45, 7) is 3.23. The van der Waals surface area contributed by atoms with Crippen LogP contribution in [-0.4, -0.2) is 24.0 Å². The molecule has 18 heavy (non-hydrogen) atoms. The highest BCUT2D eigenvalue weighted by atomic mass is 35.5. The molecule has 1 aliphatic rings. The van der Waals surface area contributed by atoms with Gasteiger partial charge in [0.25, 0.3) is 0 Å². The molecule has 1 aromatic heterocycles. The molecule has 0 spiro atoms. The van der Waals surface area contributed by atoms with E-state index in [1.807, 2.05) is 0 Å². The van der Waals surface area contributed by atoms with Crippen LogP contribution in [0.15, 0.2) is 12.3 Å². The maximum absolute atomic E-state index is 11.5. The topological polar surface area (TPSA) is 54.0 Å². The monoisotopic (exact) mass is 287 g/mol. The van der Waals surface area contributed by atoms with Crippen molar-refractivity contribution >= 4 is 34.9 Å². The van der Waals surface area contributed by atoms with Gasteiger partial charge in [-0.25, -0.2) is 4.98 Å². The minimum absolute atomic E-state index is 0.138. The molecule has 1 aliphatic carbocycles. The third-order valence-corrected chi connectivity index (χ3v) is 3.47. The van der Waals surface area contributed by atoms with Crippen LogP contribution >= 0.6 is 23.2 Å². The smallest absolute Gasteiger partial charge is 0.223 e. The van der Waals surface area contributed by atoms with Crippen LogP contribution in [0, 0.1) is 11.8 Å². The van der Waals surface area contributed by atoms with Crippen LogP contribution in [0.1, 0.15) is 13.3 Å². The molecule has 0 saturated heterocycles. The van der Waals surface area contributed by atoms with E-state index in [-0.39, 0.29) is 11.8 Å². The van der Waals surface area contributed by atoms with Gasteiger partial charge in [0.2, 0.25) is 5.91 Å². The summed E-state index contributed by atoms with van der Waals surface area (Å²) < 4.78 is 0. The van der Waals surface area contributed by atoms with Gasteiger partial charge in [-0.05, 0) is 18.4 Å². The number of amides is 1. The molecule has 0 aliphatic heterocycles. The summed E-state index contributed by atoms with van der Waals surface area (Å²) in [6.07, 6.45) is 2.53. The number of nitrogens with one attached hydrogen (secondary N) is 2. The van der Waals surface area contributed by atoms with Crippen molar-refractivity contribution in [1.29, 1.82) is 0 Å². The SMILES string of the molecule is C[C@H]1C[C@H]1C(=O)NCCNc1ncc(Cl)cc1Cl. The van der Waals surface area contributed by atoms with Crippen LogP contribution < -0.4 is 10.6 Å². The summed E-state index contributed by atoms with van der Waals surface area (Å²) in [7, 11) is 0. The molecule has 0 radical (unpaired) electrons. The fraction of sp³-hybridized carbons (Fsp3) is 0.500. The number of hydrogen-bond donors (Lipinski definition) is 2. The maximum Gasteiger partial charge on any atom is 0.223 e. The first-order valence-electron chi connectivity index (χ1n) is 5.90. The number of pyridine rings is 1. The molecule has 4 nitrogen and oxygen atoms in total. The Bertz CT molecular complexity index is 453. The molecular formula is C12H15Cl2N3O. The maximum atomic E-state index is 11.5. The lowest BCUT2D eigenvalue weighted by atomic mass is 10.3. The van der Waals surface area contributed by atoms with Gasteiger partial charge in [-0.3, -0.25) is 4.79 Å². The van der Waals surface area contributed by atoms with Gasteiger partial charge in [0, 0.05) is 25.2 Å². The molecule has 1 aromatic rings. The molecule has 1 fully saturated rings. The second kappa shape index (κ2) is 5.76. The Hall–Kier alpha value is -1.000. The third kappa shape index (κ3) is 3.50. The lowest BCUT2D eigenvalue weighted by Gasteiger charge is -2.08. The number of carbonyl (C=O) groups excluding carboxylic acids is 1. The molecule has 2 rings (SSSR count). The van der Waals surface area contributed by atoms with Crippen molar-refractivity contribution in [1.82, 2.24) is 10.3 Å². The predicted octanol–water partition coefficient (Wildman–Crippen LogP) is 2.57. The Morgan fingerprint density at radius 3 is 2.83 bits per heavy atom. The Morgan fingerprint density at radius 1 is 1.50 bits per heavy atom. The fourth-order valence-electron chi connectivity index (χ4n) is 1.73. The molecule has 0 unspecified atom stereocenters. The van der Waals surface area contributed by atoms with Gasteiger partial charge >= 0.3 is 0 Å². The Morgan fingerprint density at radius 2 is 2.22 bits per heavy atom. The van der Waals surface area contributed by atoms with E-state index in [0.29, 0.717) is 34.9 Å². The average Bonchev–Trinajstić information content (AvgIpc) is 3.04. The zero-order chi connectivity index (χ0) is 13.1. The van der Waals surface area contributed by atoms with Crippen molar-refractivity contribution in [2.45, 2.75) is 13.3 Å². The lowest BCUT2D eigenvalue weighted by molar-refractivity contribution is -0.122. The van der Waals surface area contributed by atoms with E-state index in [0.717, 1.165) is 6.42 Å². The van der Waals surface area contributed by atoms with Gasteiger partial charge in [-0.15, -0.1) is 0 Å². The van der Waals surface area contributed by atoms with Crippen molar-refractivity contribution in [3.8, 4) is 0 Å². The summed E-state index contributed by atoms with van der Waals surface area (Å²) in [4.78, 5) is 15.6. The van der Waals surface area contributed by atoms with Crippen LogP contribution in [0.4, 0.5) is 5.82 Å². The first kappa shape index (κ1) is 13.4.